The number of aromatic nitrogens is 1. The summed E-state index contributed by atoms with van der Waals surface area (Å²) in [6.07, 6.45) is 1.17. The van der Waals surface area contributed by atoms with Crippen LogP contribution in [0, 0.1) is 6.92 Å². The lowest BCUT2D eigenvalue weighted by Gasteiger charge is -2.23. The summed E-state index contributed by atoms with van der Waals surface area (Å²) in [7, 11) is 0. The van der Waals surface area contributed by atoms with E-state index in [1.807, 2.05) is 6.92 Å². The number of nitrogens with one attached hydrogen (secondary N) is 1. The molecule has 0 radical (unpaired) electrons. The topological polar surface area (TPSA) is 64.4 Å². The number of nitrogens with zero attached hydrogens (tertiary/aromatic N) is 1. The van der Waals surface area contributed by atoms with Gasteiger partial charge >= 0.3 is 0 Å². The average molecular weight is 292 g/mol. The third-order valence-electron chi connectivity index (χ3n) is 3.28. The van der Waals surface area contributed by atoms with Gasteiger partial charge in [0.15, 0.2) is 0 Å². The van der Waals surface area contributed by atoms with Crippen molar-refractivity contribution < 1.29 is 14.1 Å². The van der Waals surface area contributed by atoms with E-state index in [9.17, 15) is 4.79 Å². The van der Waals surface area contributed by atoms with Crippen molar-refractivity contribution in [3.8, 4) is 0 Å². The van der Waals surface area contributed by atoms with E-state index >= 15 is 0 Å². The highest BCUT2D eigenvalue weighted by Crippen LogP contribution is 2.30. The number of amides is 1. The number of fused-ring (bicyclic) bond motifs is 1. The molecule has 20 heavy (non-hydrogen) atoms. The van der Waals surface area contributed by atoms with Crippen LogP contribution in [-0.4, -0.2) is 24.2 Å². The van der Waals surface area contributed by atoms with Crippen LogP contribution in [0.5, 0.6) is 0 Å². The third kappa shape index (κ3) is 2.91. The number of rotatable bonds is 4. The van der Waals surface area contributed by atoms with Crippen molar-refractivity contribution in [2.24, 2.45) is 0 Å². The second-order valence-corrected chi connectivity index (χ2v) is 5.82. The molecule has 0 aliphatic carbocycles. The van der Waals surface area contributed by atoms with Crippen molar-refractivity contribution in [2.75, 3.05) is 13.2 Å². The molecule has 1 atom stereocenters. The Labute approximate surface area is 120 Å². The minimum absolute atomic E-state index is 0.0343. The number of ether oxygens (including phenoxy) is 1. The Morgan fingerprint density at radius 3 is 3.30 bits per heavy atom. The highest BCUT2D eigenvalue weighted by molar-refractivity contribution is 7.10. The van der Waals surface area contributed by atoms with E-state index in [1.165, 1.54) is 10.4 Å². The molecule has 0 spiro atoms. The minimum atomic E-state index is -0.0655. The van der Waals surface area contributed by atoms with Crippen molar-refractivity contribution >= 4 is 17.2 Å². The molecule has 0 unspecified atom stereocenters. The number of hydrogen-bond donors (Lipinski definition) is 1. The van der Waals surface area contributed by atoms with Crippen molar-refractivity contribution in [1.29, 1.82) is 0 Å². The molecular weight excluding hydrogens is 276 g/mol. The summed E-state index contributed by atoms with van der Waals surface area (Å²) < 4.78 is 10.7. The lowest BCUT2D eigenvalue weighted by Crippen LogP contribution is -2.32. The van der Waals surface area contributed by atoms with Gasteiger partial charge in [0.25, 0.3) is 0 Å². The van der Waals surface area contributed by atoms with Gasteiger partial charge in [-0.3, -0.25) is 4.79 Å². The van der Waals surface area contributed by atoms with Gasteiger partial charge in [0.05, 0.1) is 18.7 Å². The summed E-state index contributed by atoms with van der Waals surface area (Å²) in [5.41, 5.74) is 1.86. The predicted molar refractivity (Wildman–Crippen MR) is 74.7 cm³/mol. The highest BCUT2D eigenvalue weighted by atomic mass is 32.1. The maximum Gasteiger partial charge on any atom is 0.226 e. The van der Waals surface area contributed by atoms with Crippen LogP contribution >= 0.6 is 11.3 Å². The van der Waals surface area contributed by atoms with Gasteiger partial charge in [0, 0.05) is 23.9 Å². The molecule has 106 valence electrons. The van der Waals surface area contributed by atoms with E-state index in [0.29, 0.717) is 18.0 Å². The van der Waals surface area contributed by atoms with Gasteiger partial charge < -0.3 is 14.6 Å². The molecule has 3 heterocycles. The van der Waals surface area contributed by atoms with Gasteiger partial charge in [-0.25, -0.2) is 0 Å². The molecule has 3 rings (SSSR count). The molecule has 0 bridgehead atoms. The molecule has 1 N–H and O–H groups in total. The van der Waals surface area contributed by atoms with Crippen molar-refractivity contribution in [1.82, 2.24) is 10.5 Å². The summed E-state index contributed by atoms with van der Waals surface area (Å²) in [4.78, 5) is 13.2. The number of hydrogen-bond acceptors (Lipinski definition) is 5. The molecule has 1 aliphatic heterocycles. The Hall–Kier alpha value is -1.66. The first-order valence-corrected chi connectivity index (χ1v) is 7.47. The van der Waals surface area contributed by atoms with Crippen molar-refractivity contribution in [2.45, 2.75) is 25.9 Å². The molecule has 6 heteroatoms. The van der Waals surface area contributed by atoms with Gasteiger partial charge in [-0.15, -0.1) is 11.3 Å². The van der Waals surface area contributed by atoms with Crippen molar-refractivity contribution in [3.05, 3.63) is 39.4 Å². The molecular formula is C14H16N2O3S. The zero-order valence-corrected chi connectivity index (χ0v) is 12.0. The van der Waals surface area contributed by atoms with Crippen LogP contribution in [0.1, 0.15) is 28.0 Å². The van der Waals surface area contributed by atoms with Crippen LogP contribution < -0.4 is 5.32 Å². The summed E-state index contributed by atoms with van der Waals surface area (Å²) in [5.74, 6) is 0.649. The Bertz CT molecular complexity index is 605. The number of thiophene rings is 1. The first kappa shape index (κ1) is 13.3. The molecule has 1 amide bonds. The maximum absolute atomic E-state index is 11.9. The summed E-state index contributed by atoms with van der Waals surface area (Å²) in [5, 5.41) is 8.79. The number of carbonyl (C=O) groups is 1. The molecule has 2 aromatic rings. The van der Waals surface area contributed by atoms with Crippen LogP contribution in [-0.2, 0) is 22.4 Å². The van der Waals surface area contributed by atoms with E-state index in [4.69, 9.17) is 9.26 Å². The first-order chi connectivity index (χ1) is 9.72. The van der Waals surface area contributed by atoms with Crippen LogP contribution in [0.2, 0.25) is 0 Å². The second-order valence-electron chi connectivity index (χ2n) is 4.82. The Balaban J connectivity index is 1.54. The van der Waals surface area contributed by atoms with Gasteiger partial charge in [0.2, 0.25) is 5.91 Å². The smallest absolute Gasteiger partial charge is 0.226 e. The summed E-state index contributed by atoms with van der Waals surface area (Å²) in [6, 6.07) is 3.85. The normalized spacial score (nSPS) is 17.8. The molecule has 5 nitrogen and oxygen atoms in total. The molecule has 0 fully saturated rings. The molecule has 0 saturated carbocycles. The van der Waals surface area contributed by atoms with Gasteiger partial charge in [-0.05, 0) is 23.9 Å². The van der Waals surface area contributed by atoms with Gasteiger partial charge in [-0.2, -0.15) is 0 Å². The maximum atomic E-state index is 11.9. The Morgan fingerprint density at radius 2 is 2.50 bits per heavy atom. The van der Waals surface area contributed by atoms with E-state index in [0.717, 1.165) is 13.0 Å². The Morgan fingerprint density at radius 1 is 1.60 bits per heavy atom. The fourth-order valence-electron chi connectivity index (χ4n) is 2.33. The largest absolute Gasteiger partial charge is 0.371 e. The number of carbonyl (C=O) groups excluding carboxylic acids is 1. The van der Waals surface area contributed by atoms with Gasteiger partial charge in [-0.1, -0.05) is 5.16 Å². The molecule has 0 saturated heterocycles. The standard InChI is InChI=1S/C14H16N2O3S/c1-9-6-10(16-19-9)7-14(17)15-8-12-11-3-5-20-13(11)2-4-18-12/h3,5-6,12H,2,4,7-8H2,1H3,(H,15,17)/t12-/m1/s1. The lowest BCUT2D eigenvalue weighted by molar-refractivity contribution is -0.121. The Kier molecular flexibility index (Phi) is 3.84. The van der Waals surface area contributed by atoms with E-state index in [-0.39, 0.29) is 18.4 Å². The number of aryl methyl sites for hydroxylation is 1. The van der Waals surface area contributed by atoms with E-state index in [2.05, 4.69) is 21.9 Å². The average Bonchev–Trinajstić information content (AvgIpc) is 3.05. The van der Waals surface area contributed by atoms with Gasteiger partial charge in [0.1, 0.15) is 11.9 Å². The van der Waals surface area contributed by atoms with E-state index in [1.54, 1.807) is 17.4 Å². The molecule has 2 aromatic heterocycles. The van der Waals surface area contributed by atoms with E-state index < -0.39 is 0 Å². The SMILES string of the molecule is Cc1cc(CC(=O)NC[C@H]2OCCc3sccc32)no1. The predicted octanol–water partition coefficient (Wildman–Crippen LogP) is 2.02. The highest BCUT2D eigenvalue weighted by Gasteiger charge is 2.22. The third-order valence-corrected chi connectivity index (χ3v) is 4.27. The monoisotopic (exact) mass is 292 g/mol. The van der Waals surface area contributed by atoms with Crippen molar-refractivity contribution in [3.63, 3.8) is 0 Å². The zero-order chi connectivity index (χ0) is 13.9. The second kappa shape index (κ2) is 5.76. The molecule has 0 aromatic carbocycles. The minimum Gasteiger partial charge on any atom is -0.371 e. The van der Waals surface area contributed by atoms with Crippen LogP contribution in [0.4, 0.5) is 0 Å². The lowest BCUT2D eigenvalue weighted by atomic mass is 10.1. The molecule has 1 aliphatic rings. The van der Waals surface area contributed by atoms with Crippen LogP contribution in [0.3, 0.4) is 0 Å². The quantitative estimate of drug-likeness (QED) is 0.936. The van der Waals surface area contributed by atoms with Crippen LogP contribution in [0.15, 0.2) is 22.0 Å². The fraction of sp³-hybridized carbons (Fsp3) is 0.429. The summed E-state index contributed by atoms with van der Waals surface area (Å²) in [6.45, 7) is 3.03. The fourth-order valence-corrected chi connectivity index (χ4v) is 3.24. The van der Waals surface area contributed by atoms with Crippen LogP contribution in [0.25, 0.3) is 0 Å². The summed E-state index contributed by atoms with van der Waals surface area (Å²) >= 11 is 1.75. The zero-order valence-electron chi connectivity index (χ0n) is 11.2. The first-order valence-electron chi connectivity index (χ1n) is 6.59.